The van der Waals surface area contributed by atoms with E-state index in [0.29, 0.717) is 36.2 Å². The van der Waals surface area contributed by atoms with Crippen LogP contribution in [-0.4, -0.2) is 49.3 Å². The van der Waals surface area contributed by atoms with E-state index in [4.69, 9.17) is 21.7 Å². The van der Waals surface area contributed by atoms with Gasteiger partial charge in [-0.3, -0.25) is 4.79 Å². The number of para-hydroxylation sites is 1. The minimum atomic E-state index is -0.267. The van der Waals surface area contributed by atoms with Crippen LogP contribution in [0.15, 0.2) is 48.5 Å². The van der Waals surface area contributed by atoms with Crippen molar-refractivity contribution in [2.75, 3.05) is 27.3 Å². The van der Waals surface area contributed by atoms with Crippen molar-refractivity contribution < 1.29 is 14.3 Å². The second kappa shape index (κ2) is 10.5. The number of likely N-dealkylation sites (tertiary alicyclic amines) is 1. The Balaban J connectivity index is 1.86. The monoisotopic (exact) mass is 441 g/mol. The SMILES string of the molecule is COc1cccc([C@@H]2CN(C(=S)NC(C)C)C[C@@H]2C(=O)NCc2ccccc2)c1OC. The topological polar surface area (TPSA) is 62.8 Å². The molecule has 0 bridgehead atoms. The molecule has 7 heteroatoms. The van der Waals surface area contributed by atoms with Gasteiger partial charge in [0.2, 0.25) is 5.91 Å². The van der Waals surface area contributed by atoms with Gasteiger partial charge in [0, 0.05) is 37.2 Å². The Morgan fingerprint density at radius 2 is 1.84 bits per heavy atom. The van der Waals surface area contributed by atoms with E-state index in [-0.39, 0.29) is 23.8 Å². The van der Waals surface area contributed by atoms with E-state index in [0.717, 1.165) is 11.1 Å². The van der Waals surface area contributed by atoms with Crippen LogP contribution in [0.1, 0.15) is 30.9 Å². The number of thiocarbonyl (C=S) groups is 1. The van der Waals surface area contributed by atoms with Crippen LogP contribution < -0.4 is 20.1 Å². The van der Waals surface area contributed by atoms with Crippen LogP contribution in [0.4, 0.5) is 0 Å². The summed E-state index contributed by atoms with van der Waals surface area (Å²) >= 11 is 5.61. The van der Waals surface area contributed by atoms with E-state index in [9.17, 15) is 4.79 Å². The number of nitrogens with one attached hydrogen (secondary N) is 2. The van der Waals surface area contributed by atoms with Gasteiger partial charge in [0.1, 0.15) is 0 Å². The molecule has 2 aromatic rings. The van der Waals surface area contributed by atoms with Gasteiger partial charge in [0.15, 0.2) is 16.6 Å². The molecule has 31 heavy (non-hydrogen) atoms. The van der Waals surface area contributed by atoms with Gasteiger partial charge in [-0.05, 0) is 37.7 Å². The number of amides is 1. The van der Waals surface area contributed by atoms with Crippen LogP contribution in [-0.2, 0) is 11.3 Å². The van der Waals surface area contributed by atoms with Gasteiger partial charge in [0.05, 0.1) is 20.1 Å². The highest BCUT2D eigenvalue weighted by atomic mass is 32.1. The lowest BCUT2D eigenvalue weighted by atomic mass is 9.87. The van der Waals surface area contributed by atoms with Crippen molar-refractivity contribution in [3.63, 3.8) is 0 Å². The molecule has 1 fully saturated rings. The molecule has 0 unspecified atom stereocenters. The average Bonchev–Trinajstić information content (AvgIpc) is 3.22. The quantitative estimate of drug-likeness (QED) is 0.643. The zero-order valence-electron chi connectivity index (χ0n) is 18.6. The molecule has 2 aromatic carbocycles. The molecule has 1 aliphatic rings. The standard InChI is InChI=1S/C24H31N3O3S/c1-16(2)26-24(31)27-14-19(18-11-8-12-21(29-3)22(18)30-4)20(15-27)23(28)25-13-17-9-6-5-7-10-17/h5-12,16,19-20H,13-15H2,1-4H3,(H,25,28)(H,26,31)/t19-,20-/m0/s1. The molecule has 3 rings (SSSR count). The molecule has 1 heterocycles. The van der Waals surface area contributed by atoms with Crippen LogP contribution in [0.2, 0.25) is 0 Å². The van der Waals surface area contributed by atoms with Gasteiger partial charge in [-0.2, -0.15) is 0 Å². The summed E-state index contributed by atoms with van der Waals surface area (Å²) < 4.78 is 11.2. The summed E-state index contributed by atoms with van der Waals surface area (Å²) in [7, 11) is 3.25. The maximum atomic E-state index is 13.3. The predicted molar refractivity (Wildman–Crippen MR) is 127 cm³/mol. The summed E-state index contributed by atoms with van der Waals surface area (Å²) in [6.45, 7) is 5.77. The zero-order chi connectivity index (χ0) is 22.4. The number of hydrogen-bond donors (Lipinski definition) is 2. The van der Waals surface area contributed by atoms with Crippen molar-refractivity contribution in [3.8, 4) is 11.5 Å². The Morgan fingerprint density at radius 1 is 1.10 bits per heavy atom. The summed E-state index contributed by atoms with van der Waals surface area (Å²) in [5.41, 5.74) is 2.02. The van der Waals surface area contributed by atoms with Gasteiger partial charge in [-0.25, -0.2) is 0 Å². The third kappa shape index (κ3) is 5.47. The Morgan fingerprint density at radius 3 is 2.48 bits per heavy atom. The second-order valence-electron chi connectivity index (χ2n) is 8.01. The van der Waals surface area contributed by atoms with Gasteiger partial charge >= 0.3 is 0 Å². The lowest BCUT2D eigenvalue weighted by Gasteiger charge is -2.23. The maximum absolute atomic E-state index is 13.3. The Labute approximate surface area is 189 Å². The lowest BCUT2D eigenvalue weighted by Crippen LogP contribution is -2.42. The van der Waals surface area contributed by atoms with E-state index >= 15 is 0 Å². The number of carbonyl (C=O) groups is 1. The first-order valence-electron chi connectivity index (χ1n) is 10.5. The van der Waals surface area contributed by atoms with Crippen LogP contribution in [0, 0.1) is 5.92 Å². The first-order valence-corrected chi connectivity index (χ1v) is 10.9. The van der Waals surface area contributed by atoms with Crippen LogP contribution >= 0.6 is 12.2 Å². The second-order valence-corrected chi connectivity index (χ2v) is 8.40. The molecule has 6 nitrogen and oxygen atoms in total. The summed E-state index contributed by atoms with van der Waals surface area (Å²) in [6, 6.07) is 15.9. The summed E-state index contributed by atoms with van der Waals surface area (Å²) in [6.07, 6.45) is 0. The minimum absolute atomic E-state index is 0.00794. The molecule has 0 saturated carbocycles. The predicted octanol–water partition coefficient (Wildman–Crippen LogP) is 3.32. The third-order valence-electron chi connectivity index (χ3n) is 5.50. The molecule has 0 aliphatic carbocycles. The van der Waals surface area contributed by atoms with Gasteiger partial charge in [-0.1, -0.05) is 42.5 Å². The van der Waals surface area contributed by atoms with Gasteiger partial charge in [-0.15, -0.1) is 0 Å². The fraction of sp³-hybridized carbons (Fsp3) is 0.417. The van der Waals surface area contributed by atoms with E-state index in [2.05, 4.69) is 29.4 Å². The number of ether oxygens (including phenoxy) is 2. The van der Waals surface area contributed by atoms with Gasteiger partial charge < -0.3 is 25.0 Å². The number of hydrogen-bond acceptors (Lipinski definition) is 4. The van der Waals surface area contributed by atoms with E-state index < -0.39 is 0 Å². The average molecular weight is 442 g/mol. The molecular formula is C24H31N3O3S. The molecule has 0 aromatic heterocycles. The van der Waals surface area contributed by atoms with E-state index in [1.165, 1.54) is 0 Å². The summed E-state index contributed by atoms with van der Waals surface area (Å²) in [5.74, 6) is 0.989. The van der Waals surface area contributed by atoms with E-state index in [1.54, 1.807) is 14.2 Å². The first-order chi connectivity index (χ1) is 14.9. The maximum Gasteiger partial charge on any atom is 0.225 e. The van der Waals surface area contributed by atoms with Crippen LogP contribution in [0.3, 0.4) is 0 Å². The molecule has 2 atom stereocenters. The Kier molecular flexibility index (Phi) is 7.74. The number of benzene rings is 2. The molecule has 166 valence electrons. The largest absolute Gasteiger partial charge is 0.493 e. The van der Waals surface area contributed by atoms with E-state index in [1.807, 2.05) is 48.5 Å². The first kappa shape index (κ1) is 22.9. The Hall–Kier alpha value is -2.80. The van der Waals surface area contributed by atoms with Gasteiger partial charge in [0.25, 0.3) is 0 Å². The molecule has 1 saturated heterocycles. The molecular weight excluding hydrogens is 410 g/mol. The highest BCUT2D eigenvalue weighted by molar-refractivity contribution is 7.80. The molecule has 0 radical (unpaired) electrons. The van der Waals surface area contributed by atoms with Crippen molar-refractivity contribution in [3.05, 3.63) is 59.7 Å². The fourth-order valence-corrected chi connectivity index (χ4v) is 4.39. The smallest absolute Gasteiger partial charge is 0.225 e. The molecule has 1 aliphatic heterocycles. The molecule has 1 amide bonds. The van der Waals surface area contributed by atoms with Crippen molar-refractivity contribution in [2.24, 2.45) is 5.92 Å². The normalized spacial score (nSPS) is 18.0. The number of methoxy groups -OCH3 is 2. The molecule has 0 spiro atoms. The third-order valence-corrected chi connectivity index (χ3v) is 5.87. The van der Waals surface area contributed by atoms with Crippen molar-refractivity contribution in [1.29, 1.82) is 0 Å². The number of rotatable bonds is 7. The zero-order valence-corrected chi connectivity index (χ0v) is 19.4. The minimum Gasteiger partial charge on any atom is -0.493 e. The van der Waals surface area contributed by atoms with Crippen LogP contribution in [0.25, 0.3) is 0 Å². The summed E-state index contributed by atoms with van der Waals surface area (Å²) in [4.78, 5) is 15.3. The summed E-state index contributed by atoms with van der Waals surface area (Å²) in [5, 5.41) is 7.07. The van der Waals surface area contributed by atoms with Crippen molar-refractivity contribution >= 4 is 23.2 Å². The lowest BCUT2D eigenvalue weighted by molar-refractivity contribution is -0.125. The Bertz CT molecular complexity index is 904. The fourth-order valence-electron chi connectivity index (χ4n) is 4.01. The van der Waals surface area contributed by atoms with Crippen molar-refractivity contribution in [1.82, 2.24) is 15.5 Å². The molecule has 2 N–H and O–H groups in total. The highest BCUT2D eigenvalue weighted by Gasteiger charge is 2.41. The highest BCUT2D eigenvalue weighted by Crippen LogP contribution is 2.42. The number of nitrogens with zero attached hydrogens (tertiary/aromatic N) is 1. The number of carbonyl (C=O) groups excluding carboxylic acids is 1. The van der Waals surface area contributed by atoms with Crippen LogP contribution in [0.5, 0.6) is 11.5 Å². The van der Waals surface area contributed by atoms with Crippen molar-refractivity contribution in [2.45, 2.75) is 32.4 Å².